The van der Waals surface area contributed by atoms with Crippen LogP contribution in [0.2, 0.25) is 0 Å². The summed E-state index contributed by atoms with van der Waals surface area (Å²) in [7, 11) is 0. The normalized spacial score (nSPS) is 11.7. The standard InChI is InChI=1S/C18H23NO4.C3H8/c1-3-12(2)15-11-19(9-5-4-6-17(20)21)16-10-13(18(22)23)7-8-14(15)16;1-3-2/h7-8,10-12H,3-6,9H2,1-2H3,(H,20,21)(H,22,23);3H2,1-2H3. The van der Waals surface area contributed by atoms with Gasteiger partial charge in [0.25, 0.3) is 0 Å². The molecule has 0 bridgehead atoms. The van der Waals surface area contributed by atoms with Crippen molar-refractivity contribution in [1.29, 1.82) is 0 Å². The lowest BCUT2D eigenvalue weighted by Gasteiger charge is -2.06. The molecule has 0 radical (unpaired) electrons. The maximum absolute atomic E-state index is 11.2. The van der Waals surface area contributed by atoms with E-state index in [2.05, 4.69) is 38.5 Å². The van der Waals surface area contributed by atoms with Crippen molar-refractivity contribution in [2.45, 2.75) is 72.3 Å². The molecule has 1 unspecified atom stereocenters. The number of nitrogens with zero attached hydrogens (tertiary/aromatic N) is 1. The van der Waals surface area contributed by atoms with Gasteiger partial charge >= 0.3 is 11.9 Å². The molecule has 26 heavy (non-hydrogen) atoms. The molecule has 1 aromatic heterocycles. The fourth-order valence-corrected chi connectivity index (χ4v) is 2.81. The molecule has 0 aliphatic carbocycles. The first-order chi connectivity index (χ1) is 12.3. The van der Waals surface area contributed by atoms with Gasteiger partial charge in [0.2, 0.25) is 0 Å². The first kappa shape index (κ1) is 21.7. The summed E-state index contributed by atoms with van der Waals surface area (Å²) < 4.78 is 2.06. The van der Waals surface area contributed by atoms with Crippen LogP contribution in [0, 0.1) is 0 Å². The molecule has 0 fully saturated rings. The summed E-state index contributed by atoms with van der Waals surface area (Å²) in [5.74, 6) is -1.32. The van der Waals surface area contributed by atoms with E-state index in [1.54, 1.807) is 12.1 Å². The van der Waals surface area contributed by atoms with Crippen molar-refractivity contribution in [3.05, 3.63) is 35.5 Å². The largest absolute Gasteiger partial charge is 0.481 e. The Balaban J connectivity index is 0.00000105. The SMILES string of the molecule is CCC.CCC(C)c1cn(CCCCC(=O)O)c2cc(C(=O)O)ccc12. The van der Waals surface area contributed by atoms with Crippen molar-refractivity contribution < 1.29 is 19.8 Å². The zero-order valence-corrected chi connectivity index (χ0v) is 16.3. The number of hydrogen-bond acceptors (Lipinski definition) is 2. The summed E-state index contributed by atoms with van der Waals surface area (Å²) in [6.07, 6.45) is 5.89. The molecule has 1 aromatic carbocycles. The van der Waals surface area contributed by atoms with Gasteiger partial charge in [-0.3, -0.25) is 4.79 Å². The van der Waals surface area contributed by atoms with Crippen LogP contribution in [-0.2, 0) is 11.3 Å². The highest BCUT2D eigenvalue weighted by atomic mass is 16.4. The molecular formula is C21H31NO4. The van der Waals surface area contributed by atoms with Crippen molar-refractivity contribution in [3.63, 3.8) is 0 Å². The van der Waals surface area contributed by atoms with E-state index < -0.39 is 11.9 Å². The molecule has 2 rings (SSSR count). The summed E-state index contributed by atoms with van der Waals surface area (Å²) in [4.78, 5) is 21.8. The summed E-state index contributed by atoms with van der Waals surface area (Å²) >= 11 is 0. The summed E-state index contributed by atoms with van der Waals surface area (Å²) in [5, 5.41) is 19.0. The summed E-state index contributed by atoms with van der Waals surface area (Å²) in [5.41, 5.74) is 2.41. The smallest absolute Gasteiger partial charge is 0.335 e. The lowest BCUT2D eigenvalue weighted by atomic mass is 9.98. The van der Waals surface area contributed by atoms with Gasteiger partial charge in [-0.2, -0.15) is 0 Å². The average molecular weight is 361 g/mol. The quantitative estimate of drug-likeness (QED) is 0.606. The van der Waals surface area contributed by atoms with Gasteiger partial charge in [0.15, 0.2) is 0 Å². The predicted octanol–water partition coefficient (Wildman–Crippen LogP) is 5.52. The maximum Gasteiger partial charge on any atom is 0.335 e. The van der Waals surface area contributed by atoms with E-state index in [9.17, 15) is 14.7 Å². The number of carbonyl (C=O) groups is 2. The second-order valence-corrected chi connectivity index (χ2v) is 6.68. The van der Waals surface area contributed by atoms with Crippen LogP contribution >= 0.6 is 0 Å². The monoisotopic (exact) mass is 361 g/mol. The van der Waals surface area contributed by atoms with Crippen molar-refractivity contribution >= 4 is 22.8 Å². The van der Waals surface area contributed by atoms with Crippen LogP contribution in [0.25, 0.3) is 10.9 Å². The molecule has 0 aliphatic heterocycles. The summed E-state index contributed by atoms with van der Waals surface area (Å²) in [6.45, 7) is 9.24. The Hall–Kier alpha value is -2.30. The van der Waals surface area contributed by atoms with E-state index in [0.717, 1.165) is 23.7 Å². The van der Waals surface area contributed by atoms with Crippen molar-refractivity contribution in [3.8, 4) is 0 Å². The molecule has 2 aromatic rings. The minimum Gasteiger partial charge on any atom is -0.481 e. The number of benzene rings is 1. The van der Waals surface area contributed by atoms with Crippen molar-refractivity contribution in [1.82, 2.24) is 4.57 Å². The Morgan fingerprint density at radius 1 is 1.12 bits per heavy atom. The highest BCUT2D eigenvalue weighted by Crippen LogP contribution is 2.30. The third-order valence-corrected chi connectivity index (χ3v) is 4.34. The van der Waals surface area contributed by atoms with E-state index in [-0.39, 0.29) is 12.0 Å². The fraction of sp³-hybridized carbons (Fsp3) is 0.524. The van der Waals surface area contributed by atoms with Gasteiger partial charge in [0.1, 0.15) is 0 Å². The molecule has 1 atom stereocenters. The molecule has 5 nitrogen and oxygen atoms in total. The van der Waals surface area contributed by atoms with E-state index >= 15 is 0 Å². The lowest BCUT2D eigenvalue weighted by molar-refractivity contribution is -0.137. The van der Waals surface area contributed by atoms with Crippen LogP contribution in [0.3, 0.4) is 0 Å². The van der Waals surface area contributed by atoms with E-state index in [1.807, 2.05) is 6.07 Å². The second-order valence-electron chi connectivity index (χ2n) is 6.68. The van der Waals surface area contributed by atoms with Crippen LogP contribution < -0.4 is 0 Å². The first-order valence-corrected chi connectivity index (χ1v) is 9.43. The number of carboxylic acid groups (broad SMARTS) is 2. The Kier molecular flexibility index (Phi) is 8.90. The highest BCUT2D eigenvalue weighted by Gasteiger charge is 2.15. The molecule has 0 amide bonds. The molecule has 2 N–H and O–H groups in total. The number of aromatic nitrogens is 1. The molecular weight excluding hydrogens is 330 g/mol. The van der Waals surface area contributed by atoms with Gasteiger partial charge in [-0.1, -0.05) is 40.2 Å². The number of fused-ring (bicyclic) bond motifs is 1. The zero-order chi connectivity index (χ0) is 19.7. The average Bonchev–Trinajstić information content (AvgIpc) is 2.96. The van der Waals surface area contributed by atoms with Crippen LogP contribution in [0.5, 0.6) is 0 Å². The van der Waals surface area contributed by atoms with E-state index in [4.69, 9.17) is 5.11 Å². The van der Waals surface area contributed by atoms with Gasteiger partial charge < -0.3 is 14.8 Å². The van der Waals surface area contributed by atoms with Gasteiger partial charge in [0, 0.05) is 30.1 Å². The van der Waals surface area contributed by atoms with Crippen LogP contribution in [-0.4, -0.2) is 26.7 Å². The Bertz CT molecular complexity index is 733. The Morgan fingerprint density at radius 2 is 1.77 bits per heavy atom. The predicted molar refractivity (Wildman–Crippen MR) is 105 cm³/mol. The van der Waals surface area contributed by atoms with Crippen LogP contribution in [0.1, 0.15) is 81.6 Å². The topological polar surface area (TPSA) is 79.5 Å². The highest BCUT2D eigenvalue weighted by molar-refractivity contribution is 5.94. The maximum atomic E-state index is 11.2. The third kappa shape index (κ3) is 5.90. The molecule has 0 aliphatic rings. The lowest BCUT2D eigenvalue weighted by Crippen LogP contribution is -2.01. The van der Waals surface area contributed by atoms with E-state index in [1.165, 1.54) is 12.0 Å². The Labute approximate surface area is 155 Å². The molecule has 1 heterocycles. The molecule has 0 spiro atoms. The van der Waals surface area contributed by atoms with Gasteiger partial charge in [-0.15, -0.1) is 0 Å². The number of carboxylic acids is 2. The number of hydrogen-bond donors (Lipinski definition) is 2. The number of unbranched alkanes of at least 4 members (excludes halogenated alkanes) is 1. The minimum absolute atomic E-state index is 0.164. The number of aryl methyl sites for hydroxylation is 1. The molecule has 144 valence electrons. The van der Waals surface area contributed by atoms with Gasteiger partial charge in [-0.05, 0) is 42.9 Å². The molecule has 0 saturated heterocycles. The van der Waals surface area contributed by atoms with Gasteiger partial charge in [0.05, 0.1) is 5.56 Å². The number of aliphatic carboxylic acids is 1. The van der Waals surface area contributed by atoms with Crippen molar-refractivity contribution in [2.75, 3.05) is 0 Å². The van der Waals surface area contributed by atoms with Crippen LogP contribution in [0.15, 0.2) is 24.4 Å². The molecule has 5 heteroatoms. The Morgan fingerprint density at radius 3 is 2.31 bits per heavy atom. The van der Waals surface area contributed by atoms with Gasteiger partial charge in [-0.25, -0.2) is 4.79 Å². The summed E-state index contributed by atoms with van der Waals surface area (Å²) in [6, 6.07) is 5.24. The fourth-order valence-electron chi connectivity index (χ4n) is 2.81. The van der Waals surface area contributed by atoms with Crippen molar-refractivity contribution in [2.24, 2.45) is 0 Å². The first-order valence-electron chi connectivity index (χ1n) is 9.43. The zero-order valence-electron chi connectivity index (χ0n) is 16.3. The third-order valence-electron chi connectivity index (χ3n) is 4.34. The van der Waals surface area contributed by atoms with E-state index in [0.29, 0.717) is 18.9 Å². The molecule has 0 saturated carbocycles. The van der Waals surface area contributed by atoms with Crippen LogP contribution in [0.4, 0.5) is 0 Å². The minimum atomic E-state index is -0.935. The second kappa shape index (κ2) is 10.6. The number of rotatable bonds is 8. The number of aromatic carboxylic acids is 1.